The molecule has 0 aliphatic rings. The molecule has 0 aliphatic heterocycles. The molecule has 2 amide bonds. The van der Waals surface area contributed by atoms with E-state index in [-0.39, 0.29) is 13.1 Å². The van der Waals surface area contributed by atoms with Crippen molar-refractivity contribution in [1.82, 2.24) is 10.6 Å². The van der Waals surface area contributed by atoms with Crippen LogP contribution >= 0.6 is 0 Å². The van der Waals surface area contributed by atoms with Gasteiger partial charge in [0.1, 0.15) is 12.8 Å². The molecule has 0 bridgehead atoms. The highest BCUT2D eigenvalue weighted by Crippen LogP contribution is 1.80. The standard InChI is InChI=1S/C8H12N2O6/c11-5(3-7(13)14)9-1-2-10-6(12)4-8(15)16/h1-4H2,(H,9,11)(H,10,12)(H,13,14)(H,15,16). The van der Waals surface area contributed by atoms with Crippen LogP contribution < -0.4 is 10.6 Å². The molecular weight excluding hydrogens is 220 g/mol. The third kappa shape index (κ3) is 8.48. The molecule has 0 saturated heterocycles. The van der Waals surface area contributed by atoms with Crippen molar-refractivity contribution < 1.29 is 29.4 Å². The second-order valence-corrected chi connectivity index (χ2v) is 2.84. The van der Waals surface area contributed by atoms with Crippen molar-refractivity contribution in [3.63, 3.8) is 0 Å². The minimum absolute atomic E-state index is 0.0530. The molecule has 0 aromatic rings. The molecule has 0 atom stereocenters. The van der Waals surface area contributed by atoms with E-state index in [4.69, 9.17) is 10.2 Å². The highest BCUT2D eigenvalue weighted by molar-refractivity contribution is 5.94. The van der Waals surface area contributed by atoms with Gasteiger partial charge in [0.2, 0.25) is 11.8 Å². The van der Waals surface area contributed by atoms with Gasteiger partial charge in [0, 0.05) is 13.1 Å². The fourth-order valence-corrected chi connectivity index (χ4v) is 0.804. The molecule has 0 unspecified atom stereocenters. The molecule has 90 valence electrons. The van der Waals surface area contributed by atoms with E-state index in [0.717, 1.165) is 0 Å². The van der Waals surface area contributed by atoms with Gasteiger partial charge in [-0.2, -0.15) is 0 Å². The lowest BCUT2D eigenvalue weighted by Crippen LogP contribution is -2.35. The molecule has 0 heterocycles. The van der Waals surface area contributed by atoms with Gasteiger partial charge in [-0.05, 0) is 0 Å². The Hall–Kier alpha value is -2.12. The van der Waals surface area contributed by atoms with E-state index < -0.39 is 36.6 Å². The number of rotatable bonds is 7. The van der Waals surface area contributed by atoms with Crippen molar-refractivity contribution in [2.45, 2.75) is 12.8 Å². The number of hydrogen-bond acceptors (Lipinski definition) is 4. The van der Waals surface area contributed by atoms with Crippen molar-refractivity contribution >= 4 is 23.8 Å². The monoisotopic (exact) mass is 232 g/mol. The van der Waals surface area contributed by atoms with Crippen LogP contribution in [0.4, 0.5) is 0 Å². The zero-order chi connectivity index (χ0) is 12.6. The zero-order valence-electron chi connectivity index (χ0n) is 8.36. The maximum Gasteiger partial charge on any atom is 0.312 e. The van der Waals surface area contributed by atoms with Gasteiger partial charge in [-0.15, -0.1) is 0 Å². The van der Waals surface area contributed by atoms with Crippen LogP contribution in [-0.4, -0.2) is 47.1 Å². The topological polar surface area (TPSA) is 133 Å². The Labute approximate surface area is 90.6 Å². The van der Waals surface area contributed by atoms with Crippen molar-refractivity contribution in [3.05, 3.63) is 0 Å². The Kier molecular flexibility index (Phi) is 6.25. The average Bonchev–Trinajstić information content (AvgIpc) is 2.10. The van der Waals surface area contributed by atoms with Gasteiger partial charge in [0.05, 0.1) is 0 Å². The predicted molar refractivity (Wildman–Crippen MR) is 50.5 cm³/mol. The largest absolute Gasteiger partial charge is 0.481 e. The number of carboxylic acids is 2. The highest BCUT2D eigenvalue weighted by Gasteiger charge is 2.08. The number of hydrogen-bond donors (Lipinski definition) is 4. The van der Waals surface area contributed by atoms with Gasteiger partial charge >= 0.3 is 11.9 Å². The van der Waals surface area contributed by atoms with E-state index in [2.05, 4.69) is 10.6 Å². The van der Waals surface area contributed by atoms with Crippen molar-refractivity contribution in [3.8, 4) is 0 Å². The van der Waals surface area contributed by atoms with Crippen molar-refractivity contribution in [2.75, 3.05) is 13.1 Å². The minimum Gasteiger partial charge on any atom is -0.481 e. The second-order valence-electron chi connectivity index (χ2n) is 2.84. The summed E-state index contributed by atoms with van der Waals surface area (Å²) in [7, 11) is 0. The van der Waals surface area contributed by atoms with Gasteiger partial charge < -0.3 is 20.8 Å². The quantitative estimate of drug-likeness (QED) is 0.301. The summed E-state index contributed by atoms with van der Waals surface area (Å²) in [6.07, 6.45) is -1.27. The van der Waals surface area contributed by atoms with Gasteiger partial charge in [-0.25, -0.2) is 0 Å². The van der Waals surface area contributed by atoms with Crippen LogP contribution in [0.1, 0.15) is 12.8 Å². The molecule has 4 N–H and O–H groups in total. The van der Waals surface area contributed by atoms with Gasteiger partial charge in [-0.1, -0.05) is 0 Å². The third-order valence-corrected chi connectivity index (χ3v) is 1.39. The predicted octanol–water partition coefficient (Wildman–Crippen LogP) is -1.83. The smallest absolute Gasteiger partial charge is 0.312 e. The van der Waals surface area contributed by atoms with E-state index >= 15 is 0 Å². The van der Waals surface area contributed by atoms with Crippen LogP contribution in [0.3, 0.4) is 0 Å². The van der Waals surface area contributed by atoms with Crippen molar-refractivity contribution in [2.24, 2.45) is 0 Å². The normalized spacial score (nSPS) is 9.25. The van der Waals surface area contributed by atoms with Crippen LogP contribution in [-0.2, 0) is 19.2 Å². The van der Waals surface area contributed by atoms with Crippen molar-refractivity contribution in [1.29, 1.82) is 0 Å². The highest BCUT2D eigenvalue weighted by atomic mass is 16.4. The average molecular weight is 232 g/mol. The maximum absolute atomic E-state index is 10.8. The SMILES string of the molecule is O=C(O)CC(=O)NCCNC(=O)CC(=O)O. The first-order chi connectivity index (χ1) is 7.41. The number of nitrogens with one attached hydrogen (secondary N) is 2. The first-order valence-electron chi connectivity index (χ1n) is 4.39. The fraction of sp³-hybridized carbons (Fsp3) is 0.500. The molecule has 0 radical (unpaired) electrons. The van der Waals surface area contributed by atoms with Crippen LogP contribution in [0.5, 0.6) is 0 Å². The maximum atomic E-state index is 10.8. The molecule has 0 aliphatic carbocycles. The molecule has 0 fully saturated rings. The van der Waals surface area contributed by atoms with E-state index in [0.29, 0.717) is 0 Å². The first-order valence-corrected chi connectivity index (χ1v) is 4.39. The Balaban J connectivity index is 3.53. The van der Waals surface area contributed by atoms with E-state index in [9.17, 15) is 19.2 Å². The summed E-state index contributed by atoms with van der Waals surface area (Å²) in [6.45, 7) is 0.106. The number of carbonyl (C=O) groups is 4. The summed E-state index contributed by atoms with van der Waals surface area (Å²) in [5.74, 6) is -3.82. The summed E-state index contributed by atoms with van der Waals surface area (Å²) in [5.41, 5.74) is 0. The number of aliphatic carboxylic acids is 2. The Morgan fingerprint density at radius 3 is 1.31 bits per heavy atom. The summed E-state index contributed by atoms with van der Waals surface area (Å²) < 4.78 is 0. The zero-order valence-corrected chi connectivity index (χ0v) is 8.36. The summed E-state index contributed by atoms with van der Waals surface area (Å²) in [4.78, 5) is 41.7. The summed E-state index contributed by atoms with van der Waals surface area (Å²) in [6, 6.07) is 0. The summed E-state index contributed by atoms with van der Waals surface area (Å²) >= 11 is 0. The Morgan fingerprint density at radius 1 is 0.750 bits per heavy atom. The summed E-state index contributed by atoms with van der Waals surface area (Å²) in [5, 5.41) is 20.9. The fourth-order valence-electron chi connectivity index (χ4n) is 0.804. The third-order valence-electron chi connectivity index (χ3n) is 1.39. The number of amides is 2. The second kappa shape index (κ2) is 7.21. The Bertz CT molecular complexity index is 271. The van der Waals surface area contributed by atoms with E-state index in [1.165, 1.54) is 0 Å². The molecular formula is C8H12N2O6. The molecule has 0 rings (SSSR count). The molecule has 16 heavy (non-hydrogen) atoms. The molecule has 0 aromatic heterocycles. The lowest BCUT2D eigenvalue weighted by Gasteiger charge is -2.04. The van der Waals surface area contributed by atoms with Crippen LogP contribution in [0.2, 0.25) is 0 Å². The van der Waals surface area contributed by atoms with E-state index in [1.807, 2.05) is 0 Å². The first kappa shape index (κ1) is 13.9. The van der Waals surface area contributed by atoms with Gasteiger partial charge in [0.15, 0.2) is 0 Å². The van der Waals surface area contributed by atoms with Gasteiger partial charge in [-0.3, -0.25) is 19.2 Å². The molecule has 0 aromatic carbocycles. The lowest BCUT2D eigenvalue weighted by atomic mass is 10.4. The van der Waals surface area contributed by atoms with Gasteiger partial charge in [0.25, 0.3) is 0 Å². The molecule has 0 spiro atoms. The number of carbonyl (C=O) groups excluding carboxylic acids is 2. The van der Waals surface area contributed by atoms with Crippen LogP contribution in [0.25, 0.3) is 0 Å². The van der Waals surface area contributed by atoms with Crippen LogP contribution in [0, 0.1) is 0 Å². The van der Waals surface area contributed by atoms with E-state index in [1.54, 1.807) is 0 Å². The molecule has 8 nitrogen and oxygen atoms in total. The minimum atomic E-state index is -1.24. The van der Waals surface area contributed by atoms with Crippen LogP contribution in [0.15, 0.2) is 0 Å². The number of carboxylic acid groups (broad SMARTS) is 2. The lowest BCUT2D eigenvalue weighted by molar-refractivity contribution is -0.142. The Morgan fingerprint density at radius 2 is 1.06 bits per heavy atom. The molecule has 0 saturated carbocycles. The molecule has 8 heteroatoms.